The molecule has 0 spiro atoms. The monoisotopic (exact) mass is 759 g/mol. The molecule has 0 atom stereocenters. The smallest absolute Gasteiger partial charge is 0.167 e. The Bertz CT molecular complexity index is 3190. The lowest BCUT2D eigenvalue weighted by Gasteiger charge is -2.57. The first kappa shape index (κ1) is 33.3. The summed E-state index contributed by atoms with van der Waals surface area (Å²) in [5, 5.41) is 9.04. The molecular formula is C55H41N3O. The molecule has 2 heterocycles. The van der Waals surface area contributed by atoms with Crippen LogP contribution < -0.4 is 0 Å². The zero-order valence-electron chi connectivity index (χ0n) is 32.7. The predicted octanol–water partition coefficient (Wildman–Crippen LogP) is 14.4. The van der Waals surface area contributed by atoms with Crippen LogP contribution in [0.5, 0.6) is 0 Å². The maximum atomic E-state index is 7.01. The second kappa shape index (κ2) is 12.7. The average molecular weight is 760 g/mol. The van der Waals surface area contributed by atoms with Crippen molar-refractivity contribution in [1.29, 1.82) is 0 Å². The molecule has 4 heteroatoms. The summed E-state index contributed by atoms with van der Waals surface area (Å²) in [4.78, 5) is 15.8. The molecule has 4 fully saturated rings. The molecule has 4 aliphatic carbocycles. The van der Waals surface area contributed by atoms with Crippen LogP contribution in [-0.2, 0) is 5.41 Å². The molecular weight excluding hydrogens is 719 g/mol. The molecule has 282 valence electrons. The molecule has 0 N–H and O–H groups in total. The van der Waals surface area contributed by atoms with E-state index in [0.29, 0.717) is 22.9 Å². The van der Waals surface area contributed by atoms with Crippen molar-refractivity contribution < 1.29 is 4.42 Å². The highest BCUT2D eigenvalue weighted by molar-refractivity contribution is 6.18. The normalized spacial score (nSPS) is 21.1. The largest absolute Gasteiger partial charge is 0.455 e. The molecule has 4 bridgehead atoms. The summed E-state index contributed by atoms with van der Waals surface area (Å²) in [6.45, 7) is 0. The molecule has 4 saturated carbocycles. The number of aromatic nitrogens is 3. The van der Waals surface area contributed by atoms with Gasteiger partial charge in [-0.3, -0.25) is 0 Å². The number of hydrogen-bond acceptors (Lipinski definition) is 4. The average Bonchev–Trinajstić information content (AvgIpc) is 3.67. The van der Waals surface area contributed by atoms with Crippen molar-refractivity contribution in [2.75, 3.05) is 0 Å². The Labute approximate surface area is 342 Å². The van der Waals surface area contributed by atoms with Crippen LogP contribution >= 0.6 is 0 Å². The molecule has 0 amide bonds. The number of furan rings is 1. The lowest BCUT2D eigenvalue weighted by atomic mass is 9.48. The summed E-state index contributed by atoms with van der Waals surface area (Å²) in [5.74, 6) is 4.58. The predicted molar refractivity (Wildman–Crippen MR) is 241 cm³/mol. The van der Waals surface area contributed by atoms with E-state index in [1.807, 2.05) is 0 Å². The summed E-state index contributed by atoms with van der Waals surface area (Å²) >= 11 is 0. The van der Waals surface area contributed by atoms with E-state index in [4.69, 9.17) is 19.4 Å². The fraction of sp³-hybridized carbons (Fsp3) is 0.182. The van der Waals surface area contributed by atoms with E-state index < -0.39 is 0 Å². The molecule has 10 aromatic rings. The fourth-order valence-electron chi connectivity index (χ4n) is 11.8. The Hall–Kier alpha value is -6.65. The first-order chi connectivity index (χ1) is 29.1. The highest BCUT2D eigenvalue weighted by atomic mass is 16.3. The lowest BCUT2D eigenvalue weighted by molar-refractivity contribution is -0.00518. The fourth-order valence-corrected chi connectivity index (χ4v) is 11.8. The van der Waals surface area contributed by atoms with E-state index in [1.165, 1.54) is 54.9 Å². The van der Waals surface area contributed by atoms with Gasteiger partial charge in [-0.25, -0.2) is 15.0 Å². The van der Waals surface area contributed by atoms with Crippen molar-refractivity contribution in [3.63, 3.8) is 0 Å². The third-order valence-electron chi connectivity index (χ3n) is 14.2. The van der Waals surface area contributed by atoms with E-state index in [1.54, 1.807) is 5.56 Å². The van der Waals surface area contributed by atoms with Gasteiger partial charge in [-0.15, -0.1) is 0 Å². The Morgan fingerprint density at radius 1 is 0.390 bits per heavy atom. The minimum absolute atomic E-state index is 0.355. The van der Waals surface area contributed by atoms with E-state index in [9.17, 15) is 0 Å². The highest BCUT2D eigenvalue weighted by Gasteiger charge is 2.51. The molecule has 4 aliphatic rings. The van der Waals surface area contributed by atoms with Gasteiger partial charge < -0.3 is 4.42 Å². The summed E-state index contributed by atoms with van der Waals surface area (Å²) in [6.07, 6.45) is 8.45. The maximum absolute atomic E-state index is 7.01. The minimum Gasteiger partial charge on any atom is -0.455 e. The molecule has 0 radical (unpaired) electrons. The zero-order valence-corrected chi connectivity index (χ0v) is 32.7. The van der Waals surface area contributed by atoms with Crippen LogP contribution in [0, 0.1) is 17.8 Å². The Morgan fingerprint density at radius 3 is 1.54 bits per heavy atom. The molecule has 0 unspecified atom stereocenters. The number of hydrogen-bond donors (Lipinski definition) is 0. The second-order valence-electron chi connectivity index (χ2n) is 17.9. The molecule has 2 aromatic heterocycles. The first-order valence-corrected chi connectivity index (χ1v) is 21.3. The van der Waals surface area contributed by atoms with Gasteiger partial charge in [0.15, 0.2) is 17.5 Å². The molecule has 0 saturated heterocycles. The van der Waals surface area contributed by atoms with Crippen molar-refractivity contribution in [2.24, 2.45) is 17.8 Å². The van der Waals surface area contributed by atoms with Crippen LogP contribution in [0.25, 0.3) is 99.5 Å². The standard InChI is InChI=1S/C55H41N3O/c1-3-10-40-26-42(15-13-36(40)7-1)52-56-53(43-16-14-37-8-2-4-11-41(37)27-43)58-54(57-52)49-29-44(28-48-47-22-19-39-9-5-6-12-46(39)50(47)59-51(48)49)38-17-20-45(21-18-38)55-30-33-23-34(31-55)25-35(24-33)32-55/h1-22,26-29,33-35H,23-25,30-32H2. The number of benzene rings is 8. The van der Waals surface area contributed by atoms with Crippen molar-refractivity contribution >= 4 is 54.3 Å². The minimum atomic E-state index is 0.355. The number of nitrogens with zero attached hydrogens (tertiary/aromatic N) is 3. The summed E-state index contributed by atoms with van der Waals surface area (Å²) in [5.41, 5.74) is 8.62. The van der Waals surface area contributed by atoms with Crippen LogP contribution in [0.1, 0.15) is 44.1 Å². The second-order valence-corrected chi connectivity index (χ2v) is 17.9. The van der Waals surface area contributed by atoms with Gasteiger partial charge >= 0.3 is 0 Å². The van der Waals surface area contributed by atoms with E-state index in [2.05, 4.69) is 158 Å². The molecule has 14 rings (SSSR count). The Kier molecular flexibility index (Phi) is 7.16. The SMILES string of the molecule is c1ccc2cc(-c3nc(-c4ccc5ccccc5c4)nc(-c4cc(-c5ccc(C67CC8CC(CC(C8)C6)C7)cc5)cc5c4oc4c6ccccc6ccc54)n3)ccc2c1. The van der Waals surface area contributed by atoms with Gasteiger partial charge in [-0.05, 0) is 136 Å². The summed E-state index contributed by atoms with van der Waals surface area (Å²) in [6, 6.07) is 56.9. The van der Waals surface area contributed by atoms with Crippen LogP contribution in [0.4, 0.5) is 0 Å². The third-order valence-corrected chi connectivity index (χ3v) is 14.2. The summed E-state index contributed by atoms with van der Waals surface area (Å²) in [7, 11) is 0. The van der Waals surface area contributed by atoms with E-state index >= 15 is 0 Å². The number of rotatable bonds is 5. The highest BCUT2D eigenvalue weighted by Crippen LogP contribution is 2.61. The zero-order chi connectivity index (χ0) is 38.7. The first-order valence-electron chi connectivity index (χ1n) is 21.3. The molecule has 59 heavy (non-hydrogen) atoms. The van der Waals surface area contributed by atoms with Gasteiger partial charge in [0.25, 0.3) is 0 Å². The van der Waals surface area contributed by atoms with Gasteiger partial charge in [0, 0.05) is 27.3 Å². The van der Waals surface area contributed by atoms with E-state index in [0.717, 1.165) is 83.5 Å². The molecule has 4 nitrogen and oxygen atoms in total. The quantitative estimate of drug-likeness (QED) is 0.175. The molecule has 0 aliphatic heterocycles. The van der Waals surface area contributed by atoms with Gasteiger partial charge in [0.05, 0.1) is 5.56 Å². The van der Waals surface area contributed by atoms with Crippen LogP contribution in [-0.4, -0.2) is 15.0 Å². The van der Waals surface area contributed by atoms with Crippen LogP contribution in [0.2, 0.25) is 0 Å². The Morgan fingerprint density at radius 2 is 0.915 bits per heavy atom. The molecule has 8 aromatic carbocycles. The van der Waals surface area contributed by atoms with Gasteiger partial charge in [-0.1, -0.05) is 127 Å². The van der Waals surface area contributed by atoms with Crippen LogP contribution in [0.3, 0.4) is 0 Å². The van der Waals surface area contributed by atoms with Gasteiger partial charge in [0.2, 0.25) is 0 Å². The Balaban J connectivity index is 1.03. The maximum Gasteiger partial charge on any atom is 0.167 e. The summed E-state index contributed by atoms with van der Waals surface area (Å²) < 4.78 is 7.01. The lowest BCUT2D eigenvalue weighted by Crippen LogP contribution is -2.48. The third kappa shape index (κ3) is 5.39. The van der Waals surface area contributed by atoms with Gasteiger partial charge in [0.1, 0.15) is 11.2 Å². The van der Waals surface area contributed by atoms with E-state index in [-0.39, 0.29) is 0 Å². The van der Waals surface area contributed by atoms with Crippen molar-refractivity contribution in [3.05, 3.63) is 163 Å². The van der Waals surface area contributed by atoms with Crippen LogP contribution in [0.15, 0.2) is 162 Å². The van der Waals surface area contributed by atoms with Crippen molar-refractivity contribution in [2.45, 2.75) is 43.9 Å². The van der Waals surface area contributed by atoms with Gasteiger partial charge in [-0.2, -0.15) is 0 Å². The van der Waals surface area contributed by atoms with Crippen molar-refractivity contribution in [3.8, 4) is 45.3 Å². The number of fused-ring (bicyclic) bond motifs is 7. The topological polar surface area (TPSA) is 51.8 Å². The van der Waals surface area contributed by atoms with Crippen molar-refractivity contribution in [1.82, 2.24) is 15.0 Å².